The van der Waals surface area contributed by atoms with Crippen LogP contribution in [0.4, 0.5) is 0 Å². The quantitative estimate of drug-likeness (QED) is 0.864. The zero-order chi connectivity index (χ0) is 18.7. The van der Waals surface area contributed by atoms with Crippen molar-refractivity contribution in [2.75, 3.05) is 13.1 Å². The fraction of sp³-hybridized carbons (Fsp3) is 0.450. The molecule has 2 heterocycles. The molecule has 1 aliphatic rings. The van der Waals surface area contributed by atoms with Crippen LogP contribution in [0.1, 0.15) is 65.1 Å². The van der Waals surface area contributed by atoms with Gasteiger partial charge < -0.3 is 10.0 Å². The number of benzene rings is 1. The molecule has 1 aliphatic heterocycles. The first-order chi connectivity index (χ1) is 12.4. The Balaban J connectivity index is 1.66. The Labute approximate surface area is 157 Å². The lowest BCUT2D eigenvalue weighted by molar-refractivity contribution is -0.131. The molecule has 1 atom stereocenters. The lowest BCUT2D eigenvalue weighted by atomic mass is 9.97. The minimum Gasteiger partial charge on any atom is -0.478 e. The summed E-state index contributed by atoms with van der Waals surface area (Å²) in [6.45, 7) is 5.74. The van der Waals surface area contributed by atoms with Crippen LogP contribution in [0, 0.1) is 0 Å². The molecule has 0 radical (unpaired) electrons. The summed E-state index contributed by atoms with van der Waals surface area (Å²) in [7, 11) is 0. The molecule has 1 amide bonds. The Hall–Kier alpha value is -2.21. The maximum Gasteiger partial charge on any atom is 0.335 e. The van der Waals surface area contributed by atoms with Gasteiger partial charge in [0, 0.05) is 24.4 Å². The van der Waals surface area contributed by atoms with Crippen LogP contribution in [0.5, 0.6) is 0 Å². The highest BCUT2D eigenvalue weighted by atomic mass is 32.1. The number of nitrogens with zero attached hydrogens (tertiary/aromatic N) is 2. The number of carboxylic acid groups (broad SMARTS) is 1. The van der Waals surface area contributed by atoms with Gasteiger partial charge in [-0.1, -0.05) is 26.0 Å². The van der Waals surface area contributed by atoms with Crippen molar-refractivity contribution in [3.05, 3.63) is 51.5 Å². The molecule has 138 valence electrons. The fourth-order valence-corrected chi connectivity index (χ4v) is 4.37. The summed E-state index contributed by atoms with van der Waals surface area (Å²) in [4.78, 5) is 30.4. The van der Waals surface area contributed by atoms with Crippen molar-refractivity contribution in [2.24, 2.45) is 0 Å². The van der Waals surface area contributed by atoms with Gasteiger partial charge in [0.1, 0.15) is 0 Å². The maximum absolute atomic E-state index is 12.7. The van der Waals surface area contributed by atoms with Crippen molar-refractivity contribution < 1.29 is 14.7 Å². The number of carbonyl (C=O) groups excluding carboxylic acids is 1. The first-order valence-electron chi connectivity index (χ1n) is 8.99. The molecular formula is C20H24N2O3S. The number of aromatic nitrogens is 1. The summed E-state index contributed by atoms with van der Waals surface area (Å²) in [5.74, 6) is -0.196. The Morgan fingerprint density at radius 1 is 1.38 bits per heavy atom. The Kier molecular flexibility index (Phi) is 5.71. The average molecular weight is 372 g/mol. The van der Waals surface area contributed by atoms with Gasteiger partial charge in [0.05, 0.1) is 22.7 Å². The second kappa shape index (κ2) is 7.99. The topological polar surface area (TPSA) is 70.5 Å². The van der Waals surface area contributed by atoms with Gasteiger partial charge in [0.25, 0.3) is 0 Å². The first-order valence-corrected chi connectivity index (χ1v) is 9.87. The lowest BCUT2D eigenvalue weighted by Gasteiger charge is -2.32. The molecule has 1 aromatic carbocycles. The van der Waals surface area contributed by atoms with E-state index in [9.17, 15) is 9.59 Å². The zero-order valence-corrected chi connectivity index (χ0v) is 16.0. The van der Waals surface area contributed by atoms with Gasteiger partial charge >= 0.3 is 5.97 Å². The molecule has 0 spiro atoms. The Morgan fingerprint density at radius 2 is 2.19 bits per heavy atom. The summed E-state index contributed by atoms with van der Waals surface area (Å²) in [5.41, 5.74) is 2.09. The number of aromatic carboxylic acids is 1. The van der Waals surface area contributed by atoms with Gasteiger partial charge in [0.15, 0.2) is 0 Å². The predicted octanol–water partition coefficient (Wildman–Crippen LogP) is 3.91. The Morgan fingerprint density at radius 3 is 2.88 bits per heavy atom. The molecule has 5 nitrogen and oxygen atoms in total. The third-order valence-corrected chi connectivity index (χ3v) is 5.81. The van der Waals surface area contributed by atoms with Crippen LogP contribution in [0.2, 0.25) is 0 Å². The number of likely N-dealkylation sites (tertiary alicyclic amines) is 1. The van der Waals surface area contributed by atoms with Crippen LogP contribution in [-0.4, -0.2) is 40.0 Å². The normalized spacial score (nSPS) is 17.5. The molecular weight excluding hydrogens is 348 g/mol. The maximum atomic E-state index is 12.7. The monoisotopic (exact) mass is 372 g/mol. The van der Waals surface area contributed by atoms with E-state index < -0.39 is 5.97 Å². The van der Waals surface area contributed by atoms with E-state index in [0.29, 0.717) is 18.4 Å². The molecule has 1 fully saturated rings. The summed E-state index contributed by atoms with van der Waals surface area (Å²) in [6, 6.07) is 6.62. The minimum absolute atomic E-state index is 0.0536. The van der Waals surface area contributed by atoms with Crippen molar-refractivity contribution in [1.29, 1.82) is 0 Å². The van der Waals surface area contributed by atoms with Gasteiger partial charge in [-0.25, -0.2) is 9.78 Å². The van der Waals surface area contributed by atoms with E-state index in [-0.39, 0.29) is 17.9 Å². The highest BCUT2D eigenvalue weighted by Gasteiger charge is 2.27. The molecule has 0 bridgehead atoms. The Bertz CT molecular complexity index is 800. The number of carboxylic acids is 1. The third-order valence-electron chi connectivity index (χ3n) is 4.78. The SMILES string of the molecule is CC(C)c1csc(C2CCCN(C(=O)Cc3cccc(C(=O)O)c3)C2)n1. The predicted molar refractivity (Wildman–Crippen MR) is 102 cm³/mol. The van der Waals surface area contributed by atoms with Gasteiger partial charge in [0.2, 0.25) is 5.91 Å². The van der Waals surface area contributed by atoms with E-state index in [2.05, 4.69) is 19.2 Å². The smallest absolute Gasteiger partial charge is 0.335 e. The molecule has 3 rings (SSSR count). The van der Waals surface area contributed by atoms with Gasteiger partial charge in [-0.3, -0.25) is 4.79 Å². The molecule has 1 saturated heterocycles. The molecule has 1 unspecified atom stereocenters. The summed E-state index contributed by atoms with van der Waals surface area (Å²) >= 11 is 1.69. The molecule has 0 aliphatic carbocycles. The first kappa shape index (κ1) is 18.6. The zero-order valence-electron chi connectivity index (χ0n) is 15.1. The van der Waals surface area contributed by atoms with Crippen molar-refractivity contribution in [1.82, 2.24) is 9.88 Å². The summed E-state index contributed by atoms with van der Waals surface area (Å²) in [6.07, 6.45) is 2.27. The second-order valence-corrected chi connectivity index (χ2v) is 8.02. The van der Waals surface area contributed by atoms with Crippen LogP contribution in [0.3, 0.4) is 0 Å². The largest absolute Gasteiger partial charge is 0.478 e. The molecule has 0 saturated carbocycles. The number of hydrogen-bond acceptors (Lipinski definition) is 4. The van der Waals surface area contributed by atoms with Crippen molar-refractivity contribution in [2.45, 2.75) is 44.9 Å². The lowest BCUT2D eigenvalue weighted by Crippen LogP contribution is -2.40. The van der Waals surface area contributed by atoms with Crippen LogP contribution < -0.4 is 0 Å². The van der Waals surface area contributed by atoms with Crippen molar-refractivity contribution in [3.8, 4) is 0 Å². The molecule has 6 heteroatoms. The van der Waals surface area contributed by atoms with E-state index in [0.717, 1.165) is 35.7 Å². The number of carbonyl (C=O) groups is 2. The molecule has 1 aromatic heterocycles. The highest BCUT2D eigenvalue weighted by Crippen LogP contribution is 2.31. The number of hydrogen-bond donors (Lipinski definition) is 1. The number of piperidine rings is 1. The molecule has 2 aromatic rings. The van der Waals surface area contributed by atoms with E-state index in [1.54, 1.807) is 29.5 Å². The van der Waals surface area contributed by atoms with E-state index in [4.69, 9.17) is 10.1 Å². The van der Waals surface area contributed by atoms with Gasteiger partial charge in [-0.05, 0) is 36.5 Å². The summed E-state index contributed by atoms with van der Waals surface area (Å²) in [5, 5.41) is 12.3. The average Bonchev–Trinajstić information content (AvgIpc) is 3.12. The minimum atomic E-state index is -0.970. The van der Waals surface area contributed by atoms with E-state index >= 15 is 0 Å². The summed E-state index contributed by atoms with van der Waals surface area (Å²) < 4.78 is 0. The van der Waals surface area contributed by atoms with E-state index in [1.807, 2.05) is 11.0 Å². The van der Waals surface area contributed by atoms with Crippen LogP contribution in [0.15, 0.2) is 29.6 Å². The number of amides is 1. The molecule has 26 heavy (non-hydrogen) atoms. The van der Waals surface area contributed by atoms with Gasteiger partial charge in [-0.2, -0.15) is 0 Å². The van der Waals surface area contributed by atoms with Gasteiger partial charge in [-0.15, -0.1) is 11.3 Å². The number of rotatable bonds is 5. The fourth-order valence-electron chi connectivity index (χ4n) is 3.26. The van der Waals surface area contributed by atoms with Crippen LogP contribution in [-0.2, 0) is 11.2 Å². The molecule has 1 N–H and O–H groups in total. The van der Waals surface area contributed by atoms with E-state index in [1.165, 1.54) is 0 Å². The highest BCUT2D eigenvalue weighted by molar-refractivity contribution is 7.09. The second-order valence-electron chi connectivity index (χ2n) is 7.13. The standard InChI is InChI=1S/C20H24N2O3S/c1-13(2)17-12-26-19(21-17)16-7-4-8-22(11-16)18(23)10-14-5-3-6-15(9-14)20(24)25/h3,5-6,9,12-13,16H,4,7-8,10-11H2,1-2H3,(H,24,25). The van der Waals surface area contributed by atoms with Crippen LogP contribution >= 0.6 is 11.3 Å². The van der Waals surface area contributed by atoms with Crippen molar-refractivity contribution in [3.63, 3.8) is 0 Å². The number of thiazole rings is 1. The van der Waals surface area contributed by atoms with Crippen molar-refractivity contribution >= 4 is 23.2 Å². The van der Waals surface area contributed by atoms with Crippen LogP contribution in [0.25, 0.3) is 0 Å². The third kappa shape index (κ3) is 4.30.